The van der Waals surface area contributed by atoms with E-state index in [0.29, 0.717) is 0 Å². The second-order valence-corrected chi connectivity index (χ2v) is 15.5. The molecule has 6 heteroatoms. The van der Waals surface area contributed by atoms with E-state index < -0.39 is 23.9 Å². The minimum absolute atomic E-state index is 0.0247. The van der Waals surface area contributed by atoms with Crippen LogP contribution < -0.4 is 20.4 Å². The van der Waals surface area contributed by atoms with E-state index >= 15 is 0 Å². The summed E-state index contributed by atoms with van der Waals surface area (Å²) in [5.41, 5.74) is 1.67. The van der Waals surface area contributed by atoms with Crippen LogP contribution in [0.2, 0.25) is 0 Å². The zero-order chi connectivity index (χ0) is 26.8. The van der Waals surface area contributed by atoms with Gasteiger partial charge in [-0.15, -0.1) is 0 Å². The molecule has 0 bridgehead atoms. The summed E-state index contributed by atoms with van der Waals surface area (Å²) in [6.45, 7) is 12.2. The number of carbonyl (C=O) groups is 1. The molecule has 0 aliphatic carbocycles. The summed E-state index contributed by atoms with van der Waals surface area (Å²) in [5, 5.41) is 6.03. The minimum atomic E-state index is -2.45. The molecule has 0 saturated heterocycles. The highest BCUT2D eigenvalue weighted by Gasteiger charge is 2.38. The lowest BCUT2D eigenvalue weighted by molar-refractivity contribution is -0.148. The van der Waals surface area contributed by atoms with Crippen LogP contribution in [-0.4, -0.2) is 17.7 Å². The normalized spacial score (nSPS) is 17.9. The fourth-order valence-electron chi connectivity index (χ4n) is 4.33. The van der Waals surface area contributed by atoms with E-state index in [1.54, 1.807) is 6.08 Å². The van der Waals surface area contributed by atoms with Crippen molar-refractivity contribution in [2.75, 3.05) is 0 Å². The summed E-state index contributed by atoms with van der Waals surface area (Å²) >= 11 is 6.50. The molecule has 0 spiro atoms. The Labute approximate surface area is 226 Å². The second-order valence-electron chi connectivity index (χ2n) is 11.4. The zero-order valence-corrected chi connectivity index (χ0v) is 24.1. The van der Waals surface area contributed by atoms with Crippen LogP contribution in [0.15, 0.2) is 91.0 Å². The number of hydrogen-bond acceptors (Lipinski definition) is 4. The molecule has 3 aromatic carbocycles. The van der Waals surface area contributed by atoms with Gasteiger partial charge in [-0.2, -0.15) is 0 Å². The SMILES string of the molecule is CC(C)(C)OC(=O)/C=C/[C@H]1Oc2ccc(C(C)(C)C)cc2[C@H]1NP(=S)(c1ccccc1)c1ccccc1. The first-order chi connectivity index (χ1) is 17.4. The predicted octanol–water partition coefficient (Wildman–Crippen LogP) is 6.32. The lowest BCUT2D eigenvalue weighted by Gasteiger charge is -2.30. The van der Waals surface area contributed by atoms with Crippen LogP contribution in [0, 0.1) is 0 Å². The first kappa shape index (κ1) is 27.3. The highest BCUT2D eigenvalue weighted by Crippen LogP contribution is 2.48. The molecule has 1 aliphatic rings. The number of hydrogen-bond donors (Lipinski definition) is 1. The highest BCUT2D eigenvalue weighted by molar-refractivity contribution is 8.20. The fourth-order valence-corrected chi connectivity index (χ4v) is 7.86. The van der Waals surface area contributed by atoms with Crippen LogP contribution >= 0.6 is 6.19 Å². The number of ether oxygens (including phenoxy) is 2. The molecule has 4 rings (SSSR count). The van der Waals surface area contributed by atoms with Crippen molar-refractivity contribution in [2.24, 2.45) is 0 Å². The highest BCUT2D eigenvalue weighted by atomic mass is 32.4. The van der Waals surface area contributed by atoms with Gasteiger partial charge in [0.1, 0.15) is 17.5 Å². The van der Waals surface area contributed by atoms with E-state index in [2.05, 4.69) is 62.3 Å². The van der Waals surface area contributed by atoms with Crippen LogP contribution in [0.5, 0.6) is 5.75 Å². The third-order valence-corrected chi connectivity index (χ3v) is 10.5. The molecular weight excluding hydrogens is 497 g/mol. The molecular formula is C31H36NO3PS. The Kier molecular flexibility index (Phi) is 7.80. The fraction of sp³-hybridized carbons (Fsp3) is 0.323. The molecule has 37 heavy (non-hydrogen) atoms. The van der Waals surface area contributed by atoms with Crippen molar-refractivity contribution < 1.29 is 14.3 Å². The van der Waals surface area contributed by atoms with Crippen LogP contribution in [0.3, 0.4) is 0 Å². The van der Waals surface area contributed by atoms with Crippen molar-refractivity contribution in [1.29, 1.82) is 0 Å². The van der Waals surface area contributed by atoms with Gasteiger partial charge in [0, 0.05) is 22.2 Å². The minimum Gasteiger partial charge on any atom is -0.484 e. The van der Waals surface area contributed by atoms with E-state index in [1.165, 1.54) is 11.6 Å². The molecule has 4 nitrogen and oxygen atoms in total. The van der Waals surface area contributed by atoms with E-state index in [1.807, 2.05) is 63.2 Å². The summed E-state index contributed by atoms with van der Waals surface area (Å²) in [7, 11) is 0. The largest absolute Gasteiger partial charge is 0.484 e. The molecule has 0 aromatic heterocycles. The molecule has 0 fully saturated rings. The van der Waals surface area contributed by atoms with Crippen molar-refractivity contribution in [3.8, 4) is 5.75 Å². The number of benzene rings is 3. The van der Waals surface area contributed by atoms with E-state index in [0.717, 1.165) is 21.9 Å². The van der Waals surface area contributed by atoms with Crippen LogP contribution in [0.1, 0.15) is 58.7 Å². The Morgan fingerprint density at radius 1 is 0.919 bits per heavy atom. The predicted molar refractivity (Wildman–Crippen MR) is 157 cm³/mol. The maximum Gasteiger partial charge on any atom is 0.331 e. The van der Waals surface area contributed by atoms with Crippen molar-refractivity contribution >= 4 is 34.6 Å². The zero-order valence-electron chi connectivity index (χ0n) is 22.4. The summed E-state index contributed by atoms with van der Waals surface area (Å²) in [5.74, 6) is 0.402. The average Bonchev–Trinajstić information content (AvgIpc) is 3.18. The molecule has 0 radical (unpaired) electrons. The van der Waals surface area contributed by atoms with Gasteiger partial charge in [0.25, 0.3) is 0 Å². The number of esters is 1. The summed E-state index contributed by atoms with van der Waals surface area (Å²) in [6.07, 6.45) is 0.385. The first-order valence-electron chi connectivity index (χ1n) is 12.6. The quantitative estimate of drug-likeness (QED) is 0.228. The first-order valence-corrected chi connectivity index (χ1v) is 15.4. The maximum atomic E-state index is 12.5. The number of fused-ring (bicyclic) bond motifs is 1. The van der Waals surface area contributed by atoms with Gasteiger partial charge in [-0.3, -0.25) is 5.09 Å². The molecule has 1 aliphatic heterocycles. The third kappa shape index (κ3) is 6.41. The van der Waals surface area contributed by atoms with Crippen molar-refractivity contribution in [1.82, 2.24) is 5.09 Å². The van der Waals surface area contributed by atoms with Crippen LogP contribution in [-0.2, 0) is 26.8 Å². The van der Waals surface area contributed by atoms with Gasteiger partial charge in [0.2, 0.25) is 0 Å². The molecule has 2 atom stereocenters. The molecule has 194 valence electrons. The van der Waals surface area contributed by atoms with Crippen molar-refractivity contribution in [2.45, 2.75) is 64.7 Å². The Morgan fingerprint density at radius 3 is 2.00 bits per heavy atom. The third-order valence-electron chi connectivity index (χ3n) is 6.19. The lowest BCUT2D eigenvalue weighted by atomic mass is 9.85. The lowest BCUT2D eigenvalue weighted by Crippen LogP contribution is -2.35. The molecule has 0 amide bonds. The van der Waals surface area contributed by atoms with Gasteiger partial charge < -0.3 is 9.47 Å². The van der Waals surface area contributed by atoms with Gasteiger partial charge in [-0.25, -0.2) is 4.79 Å². The van der Waals surface area contributed by atoms with E-state index in [4.69, 9.17) is 21.3 Å². The Balaban J connectivity index is 1.79. The Morgan fingerprint density at radius 2 is 1.49 bits per heavy atom. The van der Waals surface area contributed by atoms with Crippen molar-refractivity contribution in [3.63, 3.8) is 0 Å². The average molecular weight is 534 g/mol. The summed E-state index contributed by atoms with van der Waals surface area (Å²) in [4.78, 5) is 12.5. The van der Waals surface area contributed by atoms with Gasteiger partial charge >= 0.3 is 5.97 Å². The molecule has 0 unspecified atom stereocenters. The molecule has 3 aromatic rings. The maximum absolute atomic E-state index is 12.5. The van der Waals surface area contributed by atoms with Gasteiger partial charge in [0.05, 0.1) is 12.2 Å². The monoisotopic (exact) mass is 533 g/mol. The summed E-state index contributed by atoms with van der Waals surface area (Å²) < 4.78 is 11.9. The van der Waals surface area contributed by atoms with Gasteiger partial charge in [0.15, 0.2) is 0 Å². The molecule has 1 heterocycles. The number of carbonyl (C=O) groups excluding carboxylic acids is 1. The van der Waals surface area contributed by atoms with Gasteiger partial charge in [-0.05, 0) is 50.0 Å². The Bertz CT molecular complexity index is 1280. The van der Waals surface area contributed by atoms with Crippen LogP contribution in [0.4, 0.5) is 0 Å². The molecule has 0 saturated carbocycles. The Hall–Kier alpha value is -2.72. The van der Waals surface area contributed by atoms with Crippen LogP contribution in [0.25, 0.3) is 0 Å². The topological polar surface area (TPSA) is 47.6 Å². The number of nitrogens with one attached hydrogen (secondary N) is 1. The number of rotatable bonds is 6. The van der Waals surface area contributed by atoms with Gasteiger partial charge in [-0.1, -0.05) is 99.3 Å². The molecule has 1 N–H and O–H groups in total. The standard InChI is InChI=1S/C31H36NO3PS/c1-30(2,3)22-17-18-26-25(21-22)29(27(34-26)19-20-28(33)35-31(4,5)6)32-36(37,23-13-9-7-10-14-23)24-15-11-8-12-16-24/h7-21,27,29H,1-6H3,(H,32,37)/b20-19+/t27-,29-/m1/s1. The van der Waals surface area contributed by atoms with Crippen molar-refractivity contribution in [3.05, 3.63) is 102 Å². The summed E-state index contributed by atoms with van der Waals surface area (Å²) in [6, 6.07) is 26.6. The van der Waals surface area contributed by atoms with E-state index in [9.17, 15) is 4.79 Å². The van der Waals surface area contributed by atoms with E-state index in [-0.39, 0.29) is 11.5 Å². The second kappa shape index (κ2) is 10.6. The smallest absolute Gasteiger partial charge is 0.331 e.